The van der Waals surface area contributed by atoms with Crippen LogP contribution in [0.1, 0.15) is 39.0 Å². The minimum absolute atomic E-state index is 0.0294. The van der Waals surface area contributed by atoms with Crippen LogP contribution in [0.4, 0.5) is 5.69 Å². The number of allylic oxidation sites excluding steroid dienone is 2. The Balaban J connectivity index is 1.46. The highest BCUT2D eigenvalue weighted by Crippen LogP contribution is 2.36. The first-order valence-corrected chi connectivity index (χ1v) is 14.9. The van der Waals surface area contributed by atoms with Crippen LogP contribution in [0.15, 0.2) is 78.1 Å². The Hall–Kier alpha value is -3.72. The molecule has 3 unspecified atom stereocenters. The van der Waals surface area contributed by atoms with Gasteiger partial charge in [-0.15, -0.1) is 0 Å². The number of amidine groups is 1. The standard InChI is InChI=1S/C31H35N5O3S/c1-2-3-13-27(30(39)35-17-14-21(15-18-35)28(32)37)40-31-34-26-12-5-4-11-25(26)29(38)36(31)24-10-6-8-22(19-24)23-9-7-16-33-20-23/h4-12,16,19-21,25-27H,2-3,13-15,17-18H2,1H3,(H2,32,37). The number of benzene rings is 1. The van der Waals surface area contributed by atoms with E-state index in [0.29, 0.717) is 43.2 Å². The number of unbranched alkanes of at least 4 members (excludes halogenated alkanes) is 1. The molecular weight excluding hydrogens is 522 g/mol. The molecule has 1 aliphatic carbocycles. The number of aliphatic imine (C=N–C) groups is 1. The van der Waals surface area contributed by atoms with E-state index < -0.39 is 5.92 Å². The van der Waals surface area contributed by atoms with Crippen LogP contribution in [0, 0.1) is 11.8 Å². The summed E-state index contributed by atoms with van der Waals surface area (Å²) in [7, 11) is 0. The molecule has 3 amide bonds. The third-order valence-electron chi connectivity index (χ3n) is 7.71. The van der Waals surface area contributed by atoms with Gasteiger partial charge in [-0.3, -0.25) is 29.3 Å². The highest BCUT2D eigenvalue weighted by molar-refractivity contribution is 8.15. The first-order valence-electron chi connectivity index (χ1n) is 14.0. The Bertz CT molecular complexity index is 1330. The highest BCUT2D eigenvalue weighted by Gasteiger charge is 2.40. The van der Waals surface area contributed by atoms with Gasteiger partial charge in [0.25, 0.3) is 0 Å². The summed E-state index contributed by atoms with van der Waals surface area (Å²) >= 11 is 1.38. The van der Waals surface area contributed by atoms with Gasteiger partial charge in [-0.2, -0.15) is 0 Å². The number of anilines is 1. The van der Waals surface area contributed by atoms with Crippen molar-refractivity contribution in [1.29, 1.82) is 0 Å². The minimum Gasteiger partial charge on any atom is -0.369 e. The van der Waals surface area contributed by atoms with Gasteiger partial charge in [0, 0.05) is 37.0 Å². The second-order valence-corrected chi connectivity index (χ2v) is 11.6. The number of piperidine rings is 1. The van der Waals surface area contributed by atoms with Crippen molar-refractivity contribution in [2.75, 3.05) is 18.0 Å². The third-order valence-corrected chi connectivity index (χ3v) is 8.93. The van der Waals surface area contributed by atoms with E-state index in [2.05, 4.69) is 11.9 Å². The average Bonchev–Trinajstić information content (AvgIpc) is 2.99. The monoisotopic (exact) mass is 557 g/mol. The number of rotatable bonds is 8. The Kier molecular flexibility index (Phi) is 8.79. The molecule has 40 heavy (non-hydrogen) atoms. The normalized spacial score (nSPS) is 21.6. The molecule has 1 fully saturated rings. The minimum atomic E-state index is -0.394. The van der Waals surface area contributed by atoms with Gasteiger partial charge in [0.2, 0.25) is 17.7 Å². The molecule has 2 N–H and O–H groups in total. The van der Waals surface area contributed by atoms with Crippen molar-refractivity contribution < 1.29 is 14.4 Å². The van der Waals surface area contributed by atoms with Gasteiger partial charge < -0.3 is 10.6 Å². The van der Waals surface area contributed by atoms with Crippen LogP contribution in [0.2, 0.25) is 0 Å². The van der Waals surface area contributed by atoms with Crippen LogP contribution in [-0.2, 0) is 14.4 Å². The van der Waals surface area contributed by atoms with Crippen LogP contribution >= 0.6 is 11.8 Å². The maximum Gasteiger partial charge on any atom is 0.242 e. The lowest BCUT2D eigenvalue weighted by atomic mass is 9.92. The Morgan fingerprint density at radius 2 is 1.88 bits per heavy atom. The second kappa shape index (κ2) is 12.6. The molecule has 0 radical (unpaired) electrons. The SMILES string of the molecule is CCCCC(SC1=NC2C=CC=CC2C(=O)N1c1cccc(-c2cccnc2)c1)C(=O)N1CCC(C(N)=O)CC1. The molecular formula is C31H35N5O3S. The summed E-state index contributed by atoms with van der Waals surface area (Å²) in [4.78, 5) is 52.2. The van der Waals surface area contributed by atoms with Crippen LogP contribution in [0.5, 0.6) is 0 Å². The Morgan fingerprint density at radius 3 is 2.60 bits per heavy atom. The molecule has 1 saturated heterocycles. The summed E-state index contributed by atoms with van der Waals surface area (Å²) in [6, 6.07) is 11.4. The van der Waals surface area contributed by atoms with E-state index in [1.165, 1.54) is 11.8 Å². The average molecular weight is 558 g/mol. The summed E-state index contributed by atoms with van der Waals surface area (Å²) in [6.45, 7) is 3.12. The number of thioether (sulfide) groups is 1. The van der Waals surface area contributed by atoms with Gasteiger partial charge in [-0.05, 0) is 43.0 Å². The lowest BCUT2D eigenvalue weighted by Crippen LogP contribution is -2.49. The van der Waals surface area contributed by atoms with Crippen molar-refractivity contribution in [3.8, 4) is 11.1 Å². The summed E-state index contributed by atoms with van der Waals surface area (Å²) in [5.74, 6) is -0.907. The van der Waals surface area contributed by atoms with Crippen molar-refractivity contribution in [1.82, 2.24) is 9.88 Å². The van der Waals surface area contributed by atoms with Gasteiger partial charge in [0.1, 0.15) is 0 Å². The predicted octanol–water partition coefficient (Wildman–Crippen LogP) is 4.58. The lowest BCUT2D eigenvalue weighted by Gasteiger charge is -2.37. The highest BCUT2D eigenvalue weighted by atomic mass is 32.2. The van der Waals surface area contributed by atoms with Crippen LogP contribution in [-0.4, -0.2) is 57.2 Å². The molecule has 9 heteroatoms. The number of hydrogen-bond acceptors (Lipinski definition) is 6. The zero-order valence-electron chi connectivity index (χ0n) is 22.7. The molecule has 1 aromatic carbocycles. The zero-order chi connectivity index (χ0) is 28.1. The summed E-state index contributed by atoms with van der Waals surface area (Å²) in [5.41, 5.74) is 8.12. The largest absolute Gasteiger partial charge is 0.369 e. The Labute approximate surface area is 239 Å². The van der Waals surface area contributed by atoms with Gasteiger partial charge in [-0.1, -0.05) is 74.0 Å². The zero-order valence-corrected chi connectivity index (χ0v) is 23.5. The maximum absolute atomic E-state index is 14.0. The molecule has 0 bridgehead atoms. The second-order valence-electron chi connectivity index (χ2n) is 10.4. The first-order chi connectivity index (χ1) is 19.5. The topological polar surface area (TPSA) is 109 Å². The van der Waals surface area contributed by atoms with Crippen molar-refractivity contribution >= 4 is 40.3 Å². The molecule has 0 spiro atoms. The number of primary amides is 1. The number of likely N-dealkylation sites (tertiary alicyclic amines) is 1. The van der Waals surface area contributed by atoms with Gasteiger partial charge in [0.15, 0.2) is 5.17 Å². The van der Waals surface area contributed by atoms with Crippen LogP contribution < -0.4 is 10.6 Å². The molecule has 2 aromatic rings. The summed E-state index contributed by atoms with van der Waals surface area (Å²) in [6.07, 6.45) is 14.9. The molecule has 3 heterocycles. The predicted molar refractivity (Wildman–Crippen MR) is 160 cm³/mol. The molecule has 5 rings (SSSR count). The Morgan fingerprint density at radius 1 is 1.10 bits per heavy atom. The molecule has 2 aliphatic heterocycles. The van der Waals surface area contributed by atoms with Crippen molar-refractivity contribution in [2.45, 2.75) is 50.3 Å². The van der Waals surface area contributed by atoms with E-state index in [9.17, 15) is 14.4 Å². The summed E-state index contributed by atoms with van der Waals surface area (Å²) in [5, 5.41) is 0.149. The van der Waals surface area contributed by atoms with Crippen molar-refractivity contribution in [3.63, 3.8) is 0 Å². The van der Waals surface area contributed by atoms with Gasteiger partial charge >= 0.3 is 0 Å². The number of aromatic nitrogens is 1. The molecule has 3 aliphatic rings. The fraction of sp³-hybridized carbons (Fsp3) is 0.387. The summed E-state index contributed by atoms with van der Waals surface area (Å²) < 4.78 is 0. The number of nitrogens with zero attached hydrogens (tertiary/aromatic N) is 4. The van der Waals surface area contributed by atoms with E-state index >= 15 is 0 Å². The van der Waals surface area contributed by atoms with Crippen molar-refractivity contribution in [3.05, 3.63) is 73.1 Å². The van der Waals surface area contributed by atoms with Gasteiger partial charge in [-0.25, -0.2) is 0 Å². The maximum atomic E-state index is 14.0. The number of carbonyl (C=O) groups excluding carboxylic acids is 3. The third kappa shape index (κ3) is 6.04. The molecule has 1 aromatic heterocycles. The number of carbonyl (C=O) groups is 3. The van der Waals surface area contributed by atoms with E-state index in [4.69, 9.17) is 10.7 Å². The van der Waals surface area contributed by atoms with Crippen LogP contribution in [0.3, 0.4) is 0 Å². The van der Waals surface area contributed by atoms with E-state index in [1.807, 2.05) is 65.6 Å². The quantitative estimate of drug-likeness (QED) is 0.511. The first kappa shape index (κ1) is 27.8. The van der Waals surface area contributed by atoms with Crippen molar-refractivity contribution in [2.24, 2.45) is 22.6 Å². The molecule has 208 valence electrons. The number of pyridine rings is 1. The lowest BCUT2D eigenvalue weighted by molar-refractivity contribution is -0.134. The number of fused-ring (bicyclic) bond motifs is 1. The molecule has 3 atom stereocenters. The smallest absolute Gasteiger partial charge is 0.242 e. The van der Waals surface area contributed by atoms with E-state index in [0.717, 1.165) is 24.0 Å². The fourth-order valence-corrected chi connectivity index (χ4v) is 6.66. The van der Waals surface area contributed by atoms with E-state index in [-0.39, 0.29) is 34.9 Å². The van der Waals surface area contributed by atoms with Crippen LogP contribution in [0.25, 0.3) is 11.1 Å². The fourth-order valence-electron chi connectivity index (χ4n) is 5.39. The molecule has 0 saturated carbocycles. The van der Waals surface area contributed by atoms with E-state index in [1.54, 1.807) is 17.3 Å². The molecule has 8 nitrogen and oxygen atoms in total. The number of amides is 3. The number of hydrogen-bond donors (Lipinski definition) is 1. The number of nitrogens with two attached hydrogens (primary N) is 1. The van der Waals surface area contributed by atoms with Gasteiger partial charge in [0.05, 0.1) is 22.9 Å².